The van der Waals surface area contributed by atoms with E-state index in [2.05, 4.69) is 0 Å². The Labute approximate surface area is 176 Å². The summed E-state index contributed by atoms with van der Waals surface area (Å²) in [5.41, 5.74) is 1.23. The number of benzene rings is 3. The average Bonchev–Trinajstić information content (AvgIpc) is 2.78. The monoisotopic (exact) mass is 422 g/mol. The van der Waals surface area contributed by atoms with Crippen LogP contribution >= 0.6 is 0 Å². The molecule has 0 saturated carbocycles. The van der Waals surface area contributed by atoms with Gasteiger partial charge in [0.2, 0.25) is 0 Å². The number of ketones is 1. The lowest BCUT2D eigenvalue weighted by molar-refractivity contribution is -0.153. The van der Waals surface area contributed by atoms with Crippen LogP contribution in [0.2, 0.25) is 0 Å². The highest BCUT2D eigenvalue weighted by molar-refractivity contribution is 7.93. The molecule has 30 heavy (non-hydrogen) atoms. The summed E-state index contributed by atoms with van der Waals surface area (Å²) in [6.07, 6.45) is 0. The van der Waals surface area contributed by atoms with Crippen LogP contribution in [0.4, 0.5) is 0 Å². The highest BCUT2D eigenvalue weighted by atomic mass is 32.2. The fourth-order valence-electron chi connectivity index (χ4n) is 3.41. The van der Waals surface area contributed by atoms with Gasteiger partial charge in [-0.25, -0.2) is 13.2 Å². The molecule has 5 nitrogen and oxygen atoms in total. The van der Waals surface area contributed by atoms with Crippen molar-refractivity contribution in [3.05, 3.63) is 102 Å². The lowest BCUT2D eigenvalue weighted by Gasteiger charge is -2.26. The Morgan fingerprint density at radius 2 is 1.20 bits per heavy atom. The molecular weight excluding hydrogens is 400 g/mol. The molecule has 1 atom stereocenters. The number of esters is 1. The molecule has 0 fully saturated rings. The van der Waals surface area contributed by atoms with Crippen LogP contribution < -0.4 is 0 Å². The zero-order chi connectivity index (χ0) is 21.6. The highest BCUT2D eigenvalue weighted by Crippen LogP contribution is 2.35. The van der Waals surface area contributed by atoms with Crippen molar-refractivity contribution in [1.82, 2.24) is 0 Å². The molecule has 0 spiro atoms. The largest absolute Gasteiger partial charge is 0.460 e. The van der Waals surface area contributed by atoms with E-state index in [1.165, 1.54) is 12.1 Å². The fraction of sp³-hybridized carbons (Fsp3) is 0.167. The molecule has 0 radical (unpaired) electrons. The van der Waals surface area contributed by atoms with Crippen LogP contribution in [-0.4, -0.2) is 32.0 Å². The van der Waals surface area contributed by atoms with Gasteiger partial charge in [-0.05, 0) is 30.2 Å². The van der Waals surface area contributed by atoms with Gasteiger partial charge >= 0.3 is 5.97 Å². The number of Topliss-reactive ketones (excluding diaryl/α,β-unsaturated/α-hetero) is 1. The van der Waals surface area contributed by atoms with Crippen LogP contribution in [0.25, 0.3) is 0 Å². The van der Waals surface area contributed by atoms with E-state index < -0.39 is 32.8 Å². The molecule has 0 amide bonds. The zero-order valence-corrected chi connectivity index (χ0v) is 17.3. The van der Waals surface area contributed by atoms with Gasteiger partial charge in [-0.3, -0.25) is 4.79 Å². The topological polar surface area (TPSA) is 77.5 Å². The first kappa shape index (κ1) is 21.5. The maximum absolute atomic E-state index is 13.6. The van der Waals surface area contributed by atoms with E-state index in [1.54, 1.807) is 85.8 Å². The third kappa shape index (κ3) is 4.49. The van der Waals surface area contributed by atoms with Gasteiger partial charge in [-0.15, -0.1) is 0 Å². The molecule has 1 unspecified atom stereocenters. The molecule has 3 rings (SSSR count). The van der Waals surface area contributed by atoms with Crippen LogP contribution in [0.3, 0.4) is 0 Å². The highest BCUT2D eigenvalue weighted by Gasteiger charge is 2.45. The minimum Gasteiger partial charge on any atom is -0.460 e. The van der Waals surface area contributed by atoms with E-state index >= 15 is 0 Å². The minimum absolute atomic E-state index is 0.0236. The van der Waals surface area contributed by atoms with E-state index in [0.717, 1.165) is 0 Å². The summed E-state index contributed by atoms with van der Waals surface area (Å²) in [4.78, 5) is 25.6. The summed E-state index contributed by atoms with van der Waals surface area (Å²) < 4.78 is 32.2. The number of rotatable bonds is 8. The molecule has 0 saturated heterocycles. The fourth-order valence-corrected chi connectivity index (χ4v) is 5.29. The van der Waals surface area contributed by atoms with Gasteiger partial charge in [-0.1, -0.05) is 78.9 Å². The lowest BCUT2D eigenvalue weighted by Crippen LogP contribution is -2.41. The minimum atomic E-state index is -4.21. The second-order valence-corrected chi connectivity index (χ2v) is 8.73. The van der Waals surface area contributed by atoms with Crippen molar-refractivity contribution >= 4 is 21.6 Å². The van der Waals surface area contributed by atoms with Crippen LogP contribution in [0.5, 0.6) is 0 Å². The molecular formula is C24H22O5S. The number of carbonyl (C=O) groups is 2. The number of hydrogen-bond acceptors (Lipinski definition) is 5. The van der Waals surface area contributed by atoms with Crippen molar-refractivity contribution in [1.29, 1.82) is 0 Å². The van der Waals surface area contributed by atoms with Crippen molar-refractivity contribution in [3.8, 4) is 0 Å². The molecule has 0 N–H and O–H groups in total. The number of hydrogen-bond donors (Lipinski definition) is 0. The van der Waals surface area contributed by atoms with E-state index in [9.17, 15) is 18.0 Å². The second kappa shape index (κ2) is 9.50. The molecule has 3 aromatic rings. The molecule has 154 valence electrons. The Hall–Kier alpha value is -3.25. The first-order chi connectivity index (χ1) is 14.5. The number of ether oxygens (including phenoxy) is 1. The molecule has 0 aliphatic heterocycles. The molecule has 6 heteroatoms. The third-order valence-electron chi connectivity index (χ3n) is 4.76. The van der Waals surface area contributed by atoms with Gasteiger partial charge in [-0.2, -0.15) is 0 Å². The van der Waals surface area contributed by atoms with Crippen molar-refractivity contribution in [2.75, 3.05) is 6.61 Å². The molecule has 0 aromatic heterocycles. The molecule has 0 aliphatic rings. The van der Waals surface area contributed by atoms with Gasteiger partial charge < -0.3 is 4.74 Å². The quantitative estimate of drug-likeness (QED) is 0.408. The smallest absolute Gasteiger partial charge is 0.376 e. The maximum atomic E-state index is 13.6. The van der Waals surface area contributed by atoms with Crippen LogP contribution in [-0.2, 0) is 24.2 Å². The van der Waals surface area contributed by atoms with Gasteiger partial charge in [0.1, 0.15) is 5.25 Å². The zero-order valence-electron chi connectivity index (χ0n) is 16.5. The Bertz CT molecular complexity index is 1050. The lowest BCUT2D eigenvalue weighted by atomic mass is 9.86. The summed E-state index contributed by atoms with van der Waals surface area (Å²) in [5.74, 6) is -3.12. The SMILES string of the molecule is CCOC(=O)C(=O)C(C(c1ccccc1)c1ccccc1)S(=O)(=O)c1ccccc1. The van der Waals surface area contributed by atoms with Crippen molar-refractivity contribution in [2.24, 2.45) is 0 Å². The van der Waals surface area contributed by atoms with E-state index in [4.69, 9.17) is 4.74 Å². The Kier molecular flexibility index (Phi) is 6.79. The molecule has 0 heterocycles. The summed E-state index contributed by atoms with van der Waals surface area (Å²) in [6.45, 7) is 1.54. The standard InChI is InChI=1S/C24H22O5S/c1-2-29-24(26)22(25)23(30(27,28)20-16-10-5-11-17-20)21(18-12-6-3-7-13-18)19-14-8-4-9-15-19/h3-17,21,23H,2H2,1H3. The second-order valence-electron chi connectivity index (χ2n) is 6.66. The van der Waals surface area contributed by atoms with Crippen molar-refractivity contribution < 1.29 is 22.7 Å². The van der Waals surface area contributed by atoms with Gasteiger partial charge in [0.25, 0.3) is 5.78 Å². The van der Waals surface area contributed by atoms with Crippen LogP contribution in [0.1, 0.15) is 24.0 Å². The molecule has 3 aromatic carbocycles. The number of sulfone groups is 1. The van der Waals surface area contributed by atoms with Crippen LogP contribution in [0.15, 0.2) is 95.9 Å². The molecule has 0 aliphatic carbocycles. The van der Waals surface area contributed by atoms with Gasteiger partial charge in [0, 0.05) is 5.92 Å². The van der Waals surface area contributed by atoms with Crippen LogP contribution in [0, 0.1) is 0 Å². The van der Waals surface area contributed by atoms with E-state index in [-0.39, 0.29) is 11.5 Å². The van der Waals surface area contributed by atoms with E-state index in [0.29, 0.717) is 11.1 Å². The maximum Gasteiger partial charge on any atom is 0.376 e. The van der Waals surface area contributed by atoms with Crippen molar-refractivity contribution in [2.45, 2.75) is 23.0 Å². The number of carbonyl (C=O) groups excluding carboxylic acids is 2. The predicted molar refractivity (Wildman–Crippen MR) is 114 cm³/mol. The average molecular weight is 423 g/mol. The van der Waals surface area contributed by atoms with Crippen molar-refractivity contribution in [3.63, 3.8) is 0 Å². The summed E-state index contributed by atoms with van der Waals surface area (Å²) in [7, 11) is -4.21. The Morgan fingerprint density at radius 1 is 0.767 bits per heavy atom. The summed E-state index contributed by atoms with van der Waals surface area (Å²) in [6, 6.07) is 25.4. The third-order valence-corrected chi connectivity index (χ3v) is 6.85. The van der Waals surface area contributed by atoms with Gasteiger partial charge in [0.05, 0.1) is 11.5 Å². The predicted octanol–water partition coefficient (Wildman–Crippen LogP) is 3.79. The molecule has 0 bridgehead atoms. The first-order valence-electron chi connectivity index (χ1n) is 9.56. The Balaban J connectivity index is 2.25. The summed E-state index contributed by atoms with van der Waals surface area (Å²) in [5, 5.41) is -1.66. The first-order valence-corrected chi connectivity index (χ1v) is 11.1. The van der Waals surface area contributed by atoms with Gasteiger partial charge in [0.15, 0.2) is 9.84 Å². The normalized spacial score (nSPS) is 12.3. The summed E-state index contributed by atoms with van der Waals surface area (Å²) >= 11 is 0. The van der Waals surface area contributed by atoms with E-state index in [1.807, 2.05) is 0 Å². The Morgan fingerprint density at radius 3 is 1.63 bits per heavy atom.